The minimum atomic E-state index is 0.592. The summed E-state index contributed by atoms with van der Waals surface area (Å²) in [5.41, 5.74) is 0. The van der Waals surface area contributed by atoms with Crippen molar-refractivity contribution in [2.75, 3.05) is 6.61 Å². The minimum Gasteiger partial charge on any atom is -0.378 e. The minimum absolute atomic E-state index is 0.592. The van der Waals surface area contributed by atoms with E-state index in [0.29, 0.717) is 6.10 Å². The quantitative estimate of drug-likeness (QED) is 0.354. The fraction of sp³-hybridized carbons (Fsp3) is 1.00. The standard InChI is InChI=1S/C23H44O/c1-3-4-5-6-7-8-9-10-21-15-17-23(18-16-21)24-19-22-13-11-20(2)12-14-22/h20-23H,3-19H2,1-2H3. The van der Waals surface area contributed by atoms with Gasteiger partial charge in [0.15, 0.2) is 0 Å². The van der Waals surface area contributed by atoms with Crippen LogP contribution >= 0.6 is 0 Å². The Morgan fingerprint density at radius 3 is 1.92 bits per heavy atom. The second kappa shape index (κ2) is 12.3. The van der Waals surface area contributed by atoms with Gasteiger partial charge < -0.3 is 4.74 Å². The molecule has 0 radical (unpaired) electrons. The monoisotopic (exact) mass is 336 g/mol. The molecule has 0 bridgehead atoms. The molecule has 2 saturated carbocycles. The first-order chi connectivity index (χ1) is 11.8. The molecule has 0 saturated heterocycles. The molecule has 0 spiro atoms. The molecular formula is C23H44O. The van der Waals surface area contributed by atoms with E-state index >= 15 is 0 Å². The summed E-state index contributed by atoms with van der Waals surface area (Å²) in [5, 5.41) is 0. The Hall–Kier alpha value is -0.0400. The van der Waals surface area contributed by atoms with Gasteiger partial charge in [0, 0.05) is 6.61 Å². The molecule has 1 heteroatoms. The fourth-order valence-electron chi connectivity index (χ4n) is 4.75. The zero-order chi connectivity index (χ0) is 17.0. The van der Waals surface area contributed by atoms with Crippen LogP contribution in [0.1, 0.15) is 117 Å². The first kappa shape index (κ1) is 20.3. The van der Waals surface area contributed by atoms with Gasteiger partial charge in [-0.3, -0.25) is 0 Å². The van der Waals surface area contributed by atoms with Gasteiger partial charge in [-0.25, -0.2) is 0 Å². The third kappa shape index (κ3) is 8.37. The maximum Gasteiger partial charge on any atom is 0.0575 e. The van der Waals surface area contributed by atoms with Gasteiger partial charge in [0.1, 0.15) is 0 Å². The molecular weight excluding hydrogens is 292 g/mol. The Morgan fingerprint density at radius 1 is 0.667 bits per heavy atom. The zero-order valence-electron chi connectivity index (χ0n) is 16.7. The van der Waals surface area contributed by atoms with Crippen molar-refractivity contribution in [3.63, 3.8) is 0 Å². The summed E-state index contributed by atoms with van der Waals surface area (Å²) in [6.45, 7) is 5.76. The van der Waals surface area contributed by atoms with Crippen LogP contribution < -0.4 is 0 Å². The van der Waals surface area contributed by atoms with Crippen LogP contribution in [-0.4, -0.2) is 12.7 Å². The number of unbranched alkanes of at least 4 members (excludes halogenated alkanes) is 6. The third-order valence-corrected chi connectivity index (χ3v) is 6.71. The summed E-state index contributed by atoms with van der Waals surface area (Å²) < 4.78 is 6.29. The van der Waals surface area contributed by atoms with E-state index < -0.39 is 0 Å². The first-order valence-electron chi connectivity index (χ1n) is 11.4. The highest BCUT2D eigenvalue weighted by molar-refractivity contribution is 4.75. The number of hydrogen-bond donors (Lipinski definition) is 0. The van der Waals surface area contributed by atoms with Crippen molar-refractivity contribution in [1.82, 2.24) is 0 Å². The van der Waals surface area contributed by atoms with Gasteiger partial charge in [-0.15, -0.1) is 0 Å². The smallest absolute Gasteiger partial charge is 0.0575 e. The topological polar surface area (TPSA) is 9.23 Å². The first-order valence-corrected chi connectivity index (χ1v) is 11.4. The van der Waals surface area contributed by atoms with Crippen molar-refractivity contribution in [2.45, 2.75) is 123 Å². The van der Waals surface area contributed by atoms with Crippen LogP contribution in [0.2, 0.25) is 0 Å². The average molecular weight is 337 g/mol. The van der Waals surface area contributed by atoms with Gasteiger partial charge in [0.05, 0.1) is 6.10 Å². The molecule has 2 rings (SSSR count). The summed E-state index contributed by atoms with van der Waals surface area (Å²) >= 11 is 0. The molecule has 0 N–H and O–H groups in total. The Morgan fingerprint density at radius 2 is 1.25 bits per heavy atom. The highest BCUT2D eigenvalue weighted by Gasteiger charge is 2.23. The van der Waals surface area contributed by atoms with Crippen LogP contribution in [-0.2, 0) is 4.74 Å². The number of rotatable bonds is 11. The lowest BCUT2D eigenvalue weighted by atomic mass is 9.82. The lowest BCUT2D eigenvalue weighted by Crippen LogP contribution is -2.25. The molecule has 0 aromatic heterocycles. The summed E-state index contributed by atoms with van der Waals surface area (Å²) in [6.07, 6.45) is 23.4. The maximum atomic E-state index is 6.29. The Kier molecular flexibility index (Phi) is 10.4. The van der Waals surface area contributed by atoms with Crippen LogP contribution in [0.5, 0.6) is 0 Å². The predicted molar refractivity (Wildman–Crippen MR) is 105 cm³/mol. The Labute approximate surface area is 152 Å². The second-order valence-electron chi connectivity index (χ2n) is 9.01. The van der Waals surface area contributed by atoms with E-state index in [1.165, 1.54) is 103 Å². The molecule has 0 amide bonds. The lowest BCUT2D eigenvalue weighted by Gasteiger charge is -2.31. The Bertz CT molecular complexity index is 284. The summed E-state index contributed by atoms with van der Waals surface area (Å²) in [6, 6.07) is 0. The molecule has 142 valence electrons. The molecule has 2 aliphatic rings. The highest BCUT2D eigenvalue weighted by atomic mass is 16.5. The van der Waals surface area contributed by atoms with E-state index in [4.69, 9.17) is 4.74 Å². The molecule has 2 aliphatic carbocycles. The molecule has 0 aliphatic heterocycles. The Balaban J connectivity index is 1.43. The maximum absolute atomic E-state index is 6.29. The van der Waals surface area contributed by atoms with E-state index in [1.54, 1.807) is 0 Å². The molecule has 24 heavy (non-hydrogen) atoms. The van der Waals surface area contributed by atoms with Crippen LogP contribution in [0, 0.1) is 17.8 Å². The predicted octanol–water partition coefficient (Wildman–Crippen LogP) is 7.53. The van der Waals surface area contributed by atoms with Crippen LogP contribution in [0.15, 0.2) is 0 Å². The van der Waals surface area contributed by atoms with Crippen molar-refractivity contribution in [3.05, 3.63) is 0 Å². The van der Waals surface area contributed by atoms with Gasteiger partial charge in [-0.1, -0.05) is 78.1 Å². The van der Waals surface area contributed by atoms with Crippen molar-refractivity contribution >= 4 is 0 Å². The van der Waals surface area contributed by atoms with E-state index in [1.807, 2.05) is 0 Å². The van der Waals surface area contributed by atoms with E-state index in [0.717, 1.165) is 24.4 Å². The van der Waals surface area contributed by atoms with Crippen molar-refractivity contribution < 1.29 is 4.74 Å². The molecule has 0 heterocycles. The second-order valence-corrected chi connectivity index (χ2v) is 9.01. The summed E-state index contributed by atoms with van der Waals surface area (Å²) in [5.74, 6) is 2.84. The van der Waals surface area contributed by atoms with Gasteiger partial charge in [0.2, 0.25) is 0 Å². The summed E-state index contributed by atoms with van der Waals surface area (Å²) in [4.78, 5) is 0. The van der Waals surface area contributed by atoms with Crippen molar-refractivity contribution in [2.24, 2.45) is 17.8 Å². The normalized spacial score (nSPS) is 31.2. The fourth-order valence-corrected chi connectivity index (χ4v) is 4.75. The molecule has 0 aromatic carbocycles. The van der Waals surface area contributed by atoms with Gasteiger partial charge in [-0.2, -0.15) is 0 Å². The van der Waals surface area contributed by atoms with Crippen LogP contribution in [0.25, 0.3) is 0 Å². The molecule has 0 unspecified atom stereocenters. The molecule has 0 aromatic rings. The van der Waals surface area contributed by atoms with Gasteiger partial charge in [0.25, 0.3) is 0 Å². The van der Waals surface area contributed by atoms with E-state index in [-0.39, 0.29) is 0 Å². The van der Waals surface area contributed by atoms with Gasteiger partial charge in [-0.05, 0) is 56.3 Å². The number of ether oxygens (including phenoxy) is 1. The van der Waals surface area contributed by atoms with Gasteiger partial charge >= 0.3 is 0 Å². The van der Waals surface area contributed by atoms with E-state index in [9.17, 15) is 0 Å². The molecule has 2 fully saturated rings. The van der Waals surface area contributed by atoms with Crippen molar-refractivity contribution in [1.29, 1.82) is 0 Å². The largest absolute Gasteiger partial charge is 0.378 e. The average Bonchev–Trinajstić information content (AvgIpc) is 2.61. The number of hydrogen-bond acceptors (Lipinski definition) is 1. The SMILES string of the molecule is CCCCCCCCCC1CCC(OCC2CCC(C)CC2)CC1. The molecule has 0 atom stereocenters. The van der Waals surface area contributed by atoms with E-state index in [2.05, 4.69) is 13.8 Å². The van der Waals surface area contributed by atoms with Crippen LogP contribution in [0.4, 0.5) is 0 Å². The molecule has 1 nitrogen and oxygen atoms in total. The lowest BCUT2D eigenvalue weighted by molar-refractivity contribution is -0.00971. The zero-order valence-corrected chi connectivity index (χ0v) is 16.7. The summed E-state index contributed by atoms with van der Waals surface area (Å²) in [7, 11) is 0. The third-order valence-electron chi connectivity index (χ3n) is 6.71. The highest BCUT2D eigenvalue weighted by Crippen LogP contribution is 2.32. The van der Waals surface area contributed by atoms with Crippen LogP contribution in [0.3, 0.4) is 0 Å². The van der Waals surface area contributed by atoms with Crippen molar-refractivity contribution in [3.8, 4) is 0 Å².